The Morgan fingerprint density at radius 2 is 1.56 bits per heavy atom. The van der Waals surface area contributed by atoms with Gasteiger partial charge < -0.3 is 4.74 Å². The summed E-state index contributed by atoms with van der Waals surface area (Å²) in [5.74, 6) is 0.692. The first kappa shape index (κ1) is 17.7. The van der Waals surface area contributed by atoms with Crippen LogP contribution in [-0.2, 0) is 16.6 Å². The highest BCUT2D eigenvalue weighted by Crippen LogP contribution is 2.22. The van der Waals surface area contributed by atoms with Crippen molar-refractivity contribution in [3.8, 4) is 5.75 Å². The second kappa shape index (κ2) is 7.43. The van der Waals surface area contributed by atoms with E-state index in [1.165, 1.54) is 0 Å². The van der Waals surface area contributed by atoms with Crippen LogP contribution in [0.2, 0.25) is 0 Å². The Kier molecular flexibility index (Phi) is 5.27. The first-order valence-electron chi connectivity index (χ1n) is 8.25. The Morgan fingerprint density at radius 1 is 0.960 bits per heavy atom. The normalized spacial score (nSPS) is 23.4. The minimum Gasteiger partial charge on any atom is -0.489 e. The van der Waals surface area contributed by atoms with Crippen LogP contribution in [0.15, 0.2) is 54.6 Å². The van der Waals surface area contributed by atoms with Crippen molar-refractivity contribution >= 4 is 15.7 Å². The summed E-state index contributed by atoms with van der Waals surface area (Å²) < 4.78 is 33.6. The molecule has 0 amide bonds. The number of nitrogens with one attached hydrogen (secondary N) is 3. The molecule has 0 spiro atoms. The summed E-state index contributed by atoms with van der Waals surface area (Å²) in [6.45, 7) is 4.17. The van der Waals surface area contributed by atoms with E-state index < -0.39 is 15.3 Å². The van der Waals surface area contributed by atoms with E-state index in [0.29, 0.717) is 18.0 Å². The second-order valence-corrected chi connectivity index (χ2v) is 8.11. The van der Waals surface area contributed by atoms with Gasteiger partial charge in [-0.05, 0) is 43.7 Å². The van der Waals surface area contributed by atoms with Gasteiger partial charge in [0.25, 0.3) is 0 Å². The Balaban J connectivity index is 1.62. The molecule has 25 heavy (non-hydrogen) atoms. The van der Waals surface area contributed by atoms with Crippen LogP contribution in [0.1, 0.15) is 19.4 Å². The van der Waals surface area contributed by atoms with Crippen molar-refractivity contribution in [1.82, 2.24) is 10.9 Å². The second-order valence-electron chi connectivity index (χ2n) is 6.28. The van der Waals surface area contributed by atoms with Crippen molar-refractivity contribution in [2.45, 2.75) is 37.8 Å². The molecule has 2 unspecified atom stereocenters. The summed E-state index contributed by atoms with van der Waals surface area (Å²) in [4.78, 5) is 0. The smallest absolute Gasteiger partial charge is 0.238 e. The number of benzene rings is 2. The number of hydrogen-bond donors (Lipinski definition) is 3. The molecule has 1 aliphatic heterocycles. The van der Waals surface area contributed by atoms with Crippen LogP contribution in [0.4, 0.5) is 5.69 Å². The molecule has 1 aliphatic rings. The molecule has 2 aromatic carbocycles. The van der Waals surface area contributed by atoms with Gasteiger partial charge in [-0.25, -0.2) is 8.42 Å². The van der Waals surface area contributed by atoms with Crippen LogP contribution in [-0.4, -0.2) is 25.8 Å². The predicted octanol–water partition coefficient (Wildman–Crippen LogP) is 2.26. The summed E-state index contributed by atoms with van der Waals surface area (Å²) >= 11 is 0. The fourth-order valence-corrected chi connectivity index (χ4v) is 4.80. The Hall–Kier alpha value is -2.09. The van der Waals surface area contributed by atoms with Gasteiger partial charge in [0, 0.05) is 17.8 Å². The molecule has 1 saturated heterocycles. The molecule has 3 N–H and O–H groups in total. The Bertz CT molecular complexity index is 784. The average Bonchev–Trinajstić information content (AvgIpc) is 2.94. The number of hydrazine groups is 1. The standard InChI is InChI=1S/C18H23N3O3S/c1-13-18(14(2)20-19-13)25(22,23)21-16-8-10-17(11-9-16)24-12-15-6-4-3-5-7-15/h3-11,13-14,18-21H,12H2,1-2H3. The van der Waals surface area contributed by atoms with Crippen molar-refractivity contribution in [1.29, 1.82) is 0 Å². The monoisotopic (exact) mass is 361 g/mol. The molecular formula is C18H23N3O3S. The zero-order chi connectivity index (χ0) is 17.9. The van der Waals surface area contributed by atoms with Crippen molar-refractivity contribution in [3.05, 3.63) is 60.2 Å². The third kappa shape index (κ3) is 4.31. The van der Waals surface area contributed by atoms with Crippen LogP contribution < -0.4 is 20.3 Å². The van der Waals surface area contributed by atoms with E-state index in [1.54, 1.807) is 24.3 Å². The number of hydrogen-bond acceptors (Lipinski definition) is 5. The zero-order valence-electron chi connectivity index (χ0n) is 14.3. The maximum Gasteiger partial charge on any atom is 0.238 e. The fraction of sp³-hybridized carbons (Fsp3) is 0.333. The quantitative estimate of drug-likeness (QED) is 0.735. The highest BCUT2D eigenvalue weighted by molar-refractivity contribution is 7.93. The summed E-state index contributed by atoms with van der Waals surface area (Å²) in [6, 6.07) is 16.5. The first-order valence-corrected chi connectivity index (χ1v) is 9.80. The van der Waals surface area contributed by atoms with Gasteiger partial charge in [-0.1, -0.05) is 30.3 Å². The van der Waals surface area contributed by atoms with Gasteiger partial charge in [0.05, 0.1) is 0 Å². The number of ether oxygens (including phenoxy) is 1. The molecule has 2 atom stereocenters. The highest BCUT2D eigenvalue weighted by Gasteiger charge is 2.40. The molecule has 0 aromatic heterocycles. The molecule has 0 aliphatic carbocycles. The molecule has 0 saturated carbocycles. The molecule has 1 heterocycles. The van der Waals surface area contributed by atoms with Gasteiger partial charge in [-0.2, -0.15) is 0 Å². The molecule has 0 bridgehead atoms. The zero-order valence-corrected chi connectivity index (χ0v) is 15.1. The largest absolute Gasteiger partial charge is 0.489 e. The van der Waals surface area contributed by atoms with Gasteiger partial charge in [0.2, 0.25) is 10.0 Å². The van der Waals surface area contributed by atoms with Gasteiger partial charge >= 0.3 is 0 Å². The predicted molar refractivity (Wildman–Crippen MR) is 98.7 cm³/mol. The third-order valence-corrected chi connectivity index (χ3v) is 6.30. The van der Waals surface area contributed by atoms with Crippen LogP contribution in [0.25, 0.3) is 0 Å². The van der Waals surface area contributed by atoms with E-state index in [-0.39, 0.29) is 12.1 Å². The highest BCUT2D eigenvalue weighted by atomic mass is 32.2. The number of sulfonamides is 1. The molecule has 2 aromatic rings. The lowest BCUT2D eigenvalue weighted by molar-refractivity contribution is 0.306. The minimum atomic E-state index is -3.50. The van der Waals surface area contributed by atoms with E-state index in [1.807, 2.05) is 44.2 Å². The van der Waals surface area contributed by atoms with Crippen LogP contribution in [0.3, 0.4) is 0 Å². The summed E-state index contributed by atoms with van der Waals surface area (Å²) in [5, 5.41) is -0.540. The van der Waals surface area contributed by atoms with Crippen molar-refractivity contribution < 1.29 is 13.2 Å². The number of anilines is 1. The van der Waals surface area contributed by atoms with E-state index >= 15 is 0 Å². The lowest BCUT2D eigenvalue weighted by Gasteiger charge is -2.19. The maximum absolute atomic E-state index is 12.6. The van der Waals surface area contributed by atoms with Gasteiger partial charge in [0.15, 0.2) is 0 Å². The van der Waals surface area contributed by atoms with Crippen molar-refractivity contribution in [2.75, 3.05) is 4.72 Å². The topological polar surface area (TPSA) is 79.5 Å². The lowest BCUT2D eigenvalue weighted by atomic mass is 10.2. The van der Waals surface area contributed by atoms with Gasteiger partial charge in [-0.3, -0.25) is 15.6 Å². The Labute approximate surface area is 148 Å². The molecule has 1 fully saturated rings. The summed E-state index contributed by atoms with van der Waals surface area (Å²) in [6.07, 6.45) is 0. The van der Waals surface area contributed by atoms with Crippen molar-refractivity contribution in [2.24, 2.45) is 0 Å². The minimum absolute atomic E-state index is 0.166. The first-order chi connectivity index (χ1) is 12.0. The van der Waals surface area contributed by atoms with Crippen LogP contribution in [0.5, 0.6) is 5.75 Å². The lowest BCUT2D eigenvalue weighted by Crippen LogP contribution is -2.41. The molecule has 3 rings (SSSR count). The maximum atomic E-state index is 12.6. The number of rotatable bonds is 6. The van der Waals surface area contributed by atoms with E-state index in [2.05, 4.69) is 15.6 Å². The van der Waals surface area contributed by atoms with E-state index in [4.69, 9.17) is 4.74 Å². The van der Waals surface area contributed by atoms with E-state index in [0.717, 1.165) is 5.56 Å². The molecule has 0 radical (unpaired) electrons. The summed E-state index contributed by atoms with van der Waals surface area (Å²) in [7, 11) is -3.50. The molecule has 7 heteroatoms. The molecule has 134 valence electrons. The fourth-order valence-electron chi connectivity index (χ4n) is 2.99. The van der Waals surface area contributed by atoms with Crippen LogP contribution >= 0.6 is 0 Å². The van der Waals surface area contributed by atoms with Gasteiger partial charge in [-0.15, -0.1) is 0 Å². The Morgan fingerprint density at radius 3 is 2.16 bits per heavy atom. The van der Waals surface area contributed by atoms with E-state index in [9.17, 15) is 8.42 Å². The molecule has 6 nitrogen and oxygen atoms in total. The van der Waals surface area contributed by atoms with Crippen LogP contribution in [0, 0.1) is 0 Å². The van der Waals surface area contributed by atoms with Crippen molar-refractivity contribution in [3.63, 3.8) is 0 Å². The summed E-state index contributed by atoms with van der Waals surface area (Å²) in [5.41, 5.74) is 7.53. The average molecular weight is 361 g/mol. The molecular weight excluding hydrogens is 338 g/mol. The third-order valence-electron chi connectivity index (χ3n) is 4.25. The SMILES string of the molecule is CC1NNC(C)C1S(=O)(=O)Nc1ccc(OCc2ccccc2)cc1. The van der Waals surface area contributed by atoms with Gasteiger partial charge in [0.1, 0.15) is 17.6 Å².